The molecule has 5 nitrogen and oxygen atoms in total. The lowest BCUT2D eigenvalue weighted by molar-refractivity contribution is 0.0904. The largest absolute Gasteiger partial charge is 0.471 e. The average molecular weight is 170 g/mol. The highest BCUT2D eigenvalue weighted by atomic mass is 31.2. The molecule has 0 aromatic carbocycles. The van der Waals surface area contributed by atoms with E-state index in [4.69, 9.17) is 10.00 Å². The van der Waals surface area contributed by atoms with Crippen LogP contribution >= 0.6 is 7.82 Å². The molecule has 0 aromatic heterocycles. The van der Waals surface area contributed by atoms with Crippen LogP contribution < -0.4 is 0 Å². The summed E-state index contributed by atoms with van der Waals surface area (Å²) in [5.41, 5.74) is 0. The van der Waals surface area contributed by atoms with E-state index in [0.717, 1.165) is 7.11 Å². The lowest BCUT2D eigenvalue weighted by atomic mass is 10.5. The Morgan fingerprint density at radius 1 is 1.70 bits per heavy atom. The molecule has 10 heavy (non-hydrogen) atoms. The maximum Gasteiger partial charge on any atom is 0.471 e. The lowest BCUT2D eigenvalue weighted by Crippen LogP contribution is -2.09. The molecule has 2 unspecified atom stereocenters. The summed E-state index contributed by atoms with van der Waals surface area (Å²) in [6, 6.07) is 0. The molecule has 0 radical (unpaired) electrons. The highest BCUT2D eigenvalue weighted by molar-refractivity contribution is 7.47. The van der Waals surface area contributed by atoms with Crippen molar-refractivity contribution in [1.29, 1.82) is 0 Å². The van der Waals surface area contributed by atoms with E-state index >= 15 is 0 Å². The summed E-state index contributed by atoms with van der Waals surface area (Å²) < 4.78 is 18.8. The predicted octanol–water partition coefficient (Wildman–Crippen LogP) is 0.131. The molecule has 2 atom stereocenters. The number of aliphatic hydroxyl groups excluding tert-OH is 1. The number of aliphatic hydroxyl groups is 1. The van der Waals surface area contributed by atoms with E-state index in [0.29, 0.717) is 0 Å². The summed E-state index contributed by atoms with van der Waals surface area (Å²) in [7, 11) is -2.83. The van der Waals surface area contributed by atoms with Crippen LogP contribution in [-0.2, 0) is 13.6 Å². The average Bonchev–Trinajstić information content (AvgIpc) is 1.85. The van der Waals surface area contributed by atoms with Crippen molar-refractivity contribution < 1.29 is 23.6 Å². The first-order valence-corrected chi connectivity index (χ1v) is 4.18. The number of rotatable bonds is 4. The van der Waals surface area contributed by atoms with Gasteiger partial charge < -0.3 is 10.00 Å². The molecular formula is C4H11O5P. The normalized spacial score (nSPS) is 20.0. The molecule has 0 aliphatic heterocycles. The van der Waals surface area contributed by atoms with E-state index in [-0.39, 0.29) is 6.61 Å². The van der Waals surface area contributed by atoms with Crippen LogP contribution in [0.3, 0.4) is 0 Å². The number of phosphoric ester groups is 1. The van der Waals surface area contributed by atoms with Crippen molar-refractivity contribution in [2.24, 2.45) is 0 Å². The molecule has 6 heteroatoms. The molecule has 0 saturated carbocycles. The molecular weight excluding hydrogens is 159 g/mol. The van der Waals surface area contributed by atoms with Crippen molar-refractivity contribution >= 4 is 7.82 Å². The second kappa shape index (κ2) is 4.05. The summed E-state index contributed by atoms with van der Waals surface area (Å²) in [5, 5.41) is 8.60. The molecule has 62 valence electrons. The summed E-state index contributed by atoms with van der Waals surface area (Å²) in [6.45, 7) is 1.23. The molecule has 0 aromatic rings. The van der Waals surface area contributed by atoms with Gasteiger partial charge in [0.05, 0.1) is 12.7 Å². The third kappa shape index (κ3) is 4.90. The first-order chi connectivity index (χ1) is 4.48. The smallest absolute Gasteiger partial charge is 0.391 e. The van der Waals surface area contributed by atoms with E-state index in [1.165, 1.54) is 6.92 Å². The van der Waals surface area contributed by atoms with Gasteiger partial charge in [-0.2, -0.15) is 0 Å². The molecule has 0 aliphatic carbocycles. The van der Waals surface area contributed by atoms with Gasteiger partial charge in [-0.25, -0.2) is 4.57 Å². The quantitative estimate of drug-likeness (QED) is 0.586. The van der Waals surface area contributed by atoms with E-state index in [1.807, 2.05) is 0 Å². The monoisotopic (exact) mass is 170 g/mol. The fourth-order valence-electron chi connectivity index (χ4n) is 0.255. The Kier molecular flexibility index (Phi) is 4.08. The van der Waals surface area contributed by atoms with E-state index in [1.54, 1.807) is 0 Å². The van der Waals surface area contributed by atoms with Gasteiger partial charge in [0.15, 0.2) is 0 Å². The fraction of sp³-hybridized carbons (Fsp3) is 1.00. The Morgan fingerprint density at radius 2 is 2.20 bits per heavy atom. The lowest BCUT2D eigenvalue weighted by Gasteiger charge is -2.09. The van der Waals surface area contributed by atoms with Gasteiger partial charge in [0.25, 0.3) is 0 Å². The number of hydrogen-bond acceptors (Lipinski definition) is 4. The van der Waals surface area contributed by atoms with Crippen molar-refractivity contribution in [3.63, 3.8) is 0 Å². The molecule has 0 rings (SSSR count). The van der Waals surface area contributed by atoms with Crippen molar-refractivity contribution in [2.45, 2.75) is 13.0 Å². The highest BCUT2D eigenvalue weighted by Gasteiger charge is 2.18. The van der Waals surface area contributed by atoms with E-state index < -0.39 is 13.9 Å². The van der Waals surface area contributed by atoms with Crippen molar-refractivity contribution in [3.8, 4) is 0 Å². The second-order valence-electron chi connectivity index (χ2n) is 1.80. The Labute approximate surface area is 59.2 Å². The number of hydrogen-bond donors (Lipinski definition) is 2. The van der Waals surface area contributed by atoms with Gasteiger partial charge in [-0.15, -0.1) is 0 Å². The third-order valence-corrected chi connectivity index (χ3v) is 1.65. The van der Waals surface area contributed by atoms with Crippen molar-refractivity contribution in [3.05, 3.63) is 0 Å². The van der Waals surface area contributed by atoms with Crippen molar-refractivity contribution in [1.82, 2.24) is 0 Å². The summed E-state index contributed by atoms with van der Waals surface area (Å²) in [6.07, 6.45) is -0.768. The zero-order valence-corrected chi connectivity index (χ0v) is 6.75. The van der Waals surface area contributed by atoms with Crippen LogP contribution in [0, 0.1) is 0 Å². The second-order valence-corrected chi connectivity index (χ2v) is 3.36. The van der Waals surface area contributed by atoms with Crippen LogP contribution in [0.4, 0.5) is 0 Å². The minimum absolute atomic E-state index is 0.207. The van der Waals surface area contributed by atoms with Gasteiger partial charge in [0, 0.05) is 7.11 Å². The first-order valence-electron chi connectivity index (χ1n) is 2.69. The van der Waals surface area contributed by atoms with Gasteiger partial charge in [-0.05, 0) is 6.92 Å². The molecule has 0 fully saturated rings. The zero-order valence-electron chi connectivity index (χ0n) is 5.85. The Morgan fingerprint density at radius 3 is 2.50 bits per heavy atom. The topological polar surface area (TPSA) is 76.0 Å². The predicted molar refractivity (Wildman–Crippen MR) is 34.5 cm³/mol. The van der Waals surface area contributed by atoms with Crippen LogP contribution in [-0.4, -0.2) is 29.8 Å². The highest BCUT2D eigenvalue weighted by Crippen LogP contribution is 2.41. The van der Waals surface area contributed by atoms with Gasteiger partial charge in [0.2, 0.25) is 0 Å². The Balaban J connectivity index is 3.58. The molecule has 0 aliphatic rings. The van der Waals surface area contributed by atoms with Crippen LogP contribution in [0.15, 0.2) is 0 Å². The van der Waals surface area contributed by atoms with Crippen LogP contribution in [0.5, 0.6) is 0 Å². The van der Waals surface area contributed by atoms with E-state index in [2.05, 4.69) is 9.05 Å². The SMILES string of the molecule is COP(=O)(O)OCC(C)O. The third-order valence-electron chi connectivity index (χ3n) is 0.710. The minimum Gasteiger partial charge on any atom is -0.391 e. The standard InChI is InChI=1S/C4H11O5P/c1-4(5)3-9-10(6,7)8-2/h4-5H,3H2,1-2H3,(H,6,7). The Bertz CT molecular complexity index is 134. The molecule has 2 N–H and O–H groups in total. The molecule has 0 amide bonds. The molecule has 0 spiro atoms. The van der Waals surface area contributed by atoms with E-state index in [9.17, 15) is 4.57 Å². The van der Waals surface area contributed by atoms with Gasteiger partial charge in [-0.1, -0.05) is 0 Å². The summed E-state index contributed by atoms with van der Waals surface area (Å²) in [4.78, 5) is 8.57. The van der Waals surface area contributed by atoms with Gasteiger partial charge in [-0.3, -0.25) is 9.05 Å². The maximum absolute atomic E-state index is 10.5. The van der Waals surface area contributed by atoms with Gasteiger partial charge >= 0.3 is 7.82 Å². The Hall–Kier alpha value is 0.0700. The summed E-state index contributed by atoms with van der Waals surface area (Å²) >= 11 is 0. The minimum atomic E-state index is -3.89. The molecule has 0 saturated heterocycles. The van der Waals surface area contributed by atoms with Crippen LogP contribution in [0.25, 0.3) is 0 Å². The number of phosphoric acid groups is 1. The molecule has 0 bridgehead atoms. The summed E-state index contributed by atoms with van der Waals surface area (Å²) in [5.74, 6) is 0. The maximum atomic E-state index is 10.5. The van der Waals surface area contributed by atoms with Crippen LogP contribution in [0.1, 0.15) is 6.92 Å². The fourth-order valence-corrected chi connectivity index (χ4v) is 0.764. The van der Waals surface area contributed by atoms with Crippen LogP contribution in [0.2, 0.25) is 0 Å². The molecule has 0 heterocycles. The first kappa shape index (κ1) is 10.1. The van der Waals surface area contributed by atoms with Gasteiger partial charge in [0.1, 0.15) is 0 Å². The zero-order chi connectivity index (χ0) is 8.20. The van der Waals surface area contributed by atoms with Crippen molar-refractivity contribution in [2.75, 3.05) is 13.7 Å².